The summed E-state index contributed by atoms with van der Waals surface area (Å²) in [5.74, 6) is 0. The van der Waals surface area contributed by atoms with Gasteiger partial charge in [-0.3, -0.25) is 0 Å². The molecule has 0 spiro atoms. The molecule has 0 bridgehead atoms. The molecule has 0 saturated carbocycles. The monoisotopic (exact) mass is 266 g/mol. The van der Waals surface area contributed by atoms with Gasteiger partial charge in [-0.15, -0.1) is 11.8 Å². The van der Waals surface area contributed by atoms with Crippen molar-refractivity contribution in [3.05, 3.63) is 23.8 Å². The van der Waals surface area contributed by atoms with Gasteiger partial charge in [-0.2, -0.15) is 0 Å². The molecule has 0 atom stereocenters. The third-order valence-corrected chi connectivity index (χ3v) is 4.47. The maximum absolute atomic E-state index is 5.93. The molecule has 0 radical (unpaired) electrons. The van der Waals surface area contributed by atoms with Crippen LogP contribution in [0, 0.1) is 0 Å². The van der Waals surface area contributed by atoms with Crippen molar-refractivity contribution in [2.24, 2.45) is 5.73 Å². The number of nitrogens with zero attached hydrogens (tertiary/aromatic N) is 1. The fraction of sp³-hybridized carbons (Fsp3) is 0.571. The first-order chi connectivity index (χ1) is 8.77. The molecule has 1 aromatic carbocycles. The van der Waals surface area contributed by atoms with Crippen molar-refractivity contribution >= 4 is 17.4 Å². The minimum Gasteiger partial charge on any atom is -0.381 e. The molecule has 2 rings (SSSR count). The van der Waals surface area contributed by atoms with E-state index in [4.69, 9.17) is 10.5 Å². The predicted molar refractivity (Wildman–Crippen MR) is 78.4 cm³/mol. The molecule has 0 aromatic heterocycles. The molecule has 1 heterocycles. The molecule has 1 aliphatic rings. The van der Waals surface area contributed by atoms with Crippen molar-refractivity contribution in [2.75, 3.05) is 31.4 Å². The van der Waals surface area contributed by atoms with Crippen LogP contribution in [0.25, 0.3) is 0 Å². The maximum Gasteiger partial charge on any atom is 0.0485 e. The van der Waals surface area contributed by atoms with Gasteiger partial charge in [0.15, 0.2) is 0 Å². The highest BCUT2D eigenvalue weighted by Crippen LogP contribution is 2.31. The van der Waals surface area contributed by atoms with Crippen LogP contribution in [0.1, 0.15) is 18.4 Å². The summed E-state index contributed by atoms with van der Waals surface area (Å²) in [6.45, 7) is 2.34. The van der Waals surface area contributed by atoms with Gasteiger partial charge in [-0.05, 0) is 31.2 Å². The first-order valence-electron chi connectivity index (χ1n) is 6.44. The summed E-state index contributed by atoms with van der Waals surface area (Å²) >= 11 is 1.77. The van der Waals surface area contributed by atoms with Gasteiger partial charge in [-0.1, -0.05) is 6.07 Å². The van der Waals surface area contributed by atoms with E-state index in [2.05, 4.69) is 36.4 Å². The van der Waals surface area contributed by atoms with Gasteiger partial charge in [0.2, 0.25) is 0 Å². The van der Waals surface area contributed by atoms with Crippen LogP contribution in [0.3, 0.4) is 0 Å². The van der Waals surface area contributed by atoms with E-state index in [-0.39, 0.29) is 0 Å². The number of thioether (sulfide) groups is 1. The largest absolute Gasteiger partial charge is 0.381 e. The van der Waals surface area contributed by atoms with E-state index in [1.54, 1.807) is 11.8 Å². The van der Waals surface area contributed by atoms with E-state index < -0.39 is 0 Å². The lowest BCUT2D eigenvalue weighted by Crippen LogP contribution is -2.37. The van der Waals surface area contributed by atoms with Gasteiger partial charge >= 0.3 is 0 Å². The van der Waals surface area contributed by atoms with Gasteiger partial charge in [0, 0.05) is 49.0 Å². The molecule has 1 fully saturated rings. The van der Waals surface area contributed by atoms with Crippen LogP contribution in [-0.2, 0) is 11.3 Å². The van der Waals surface area contributed by atoms with Crippen molar-refractivity contribution in [2.45, 2.75) is 30.3 Å². The van der Waals surface area contributed by atoms with Gasteiger partial charge in [0.05, 0.1) is 0 Å². The second-order valence-corrected chi connectivity index (χ2v) is 5.46. The molecule has 100 valence electrons. The smallest absolute Gasteiger partial charge is 0.0485 e. The van der Waals surface area contributed by atoms with Crippen LogP contribution < -0.4 is 10.6 Å². The van der Waals surface area contributed by atoms with Crippen molar-refractivity contribution < 1.29 is 4.74 Å². The minimum absolute atomic E-state index is 0.571. The Morgan fingerprint density at radius 2 is 2.11 bits per heavy atom. The molecule has 2 N–H and O–H groups in total. The number of nitrogens with two attached hydrogens (primary N) is 1. The summed E-state index contributed by atoms with van der Waals surface area (Å²) in [4.78, 5) is 3.67. The summed E-state index contributed by atoms with van der Waals surface area (Å²) in [6, 6.07) is 7.02. The van der Waals surface area contributed by atoms with Crippen LogP contribution in [0.5, 0.6) is 0 Å². The number of hydrogen-bond acceptors (Lipinski definition) is 4. The molecule has 1 saturated heterocycles. The summed E-state index contributed by atoms with van der Waals surface area (Å²) in [6.07, 6.45) is 4.31. The molecular weight excluding hydrogens is 244 g/mol. The molecule has 4 heteroatoms. The van der Waals surface area contributed by atoms with Crippen molar-refractivity contribution in [1.82, 2.24) is 0 Å². The third-order valence-electron chi connectivity index (χ3n) is 3.65. The second kappa shape index (κ2) is 6.45. The number of benzene rings is 1. The molecule has 0 unspecified atom stereocenters. The lowest BCUT2D eigenvalue weighted by atomic mass is 10.0. The van der Waals surface area contributed by atoms with Gasteiger partial charge in [0.25, 0.3) is 0 Å². The molecule has 3 nitrogen and oxygen atoms in total. The maximum atomic E-state index is 5.93. The number of hydrogen-bond donors (Lipinski definition) is 1. The fourth-order valence-corrected chi connectivity index (χ4v) is 3.20. The first-order valence-corrected chi connectivity index (χ1v) is 7.67. The van der Waals surface area contributed by atoms with Crippen LogP contribution in [0.2, 0.25) is 0 Å². The van der Waals surface area contributed by atoms with E-state index in [0.717, 1.165) is 26.1 Å². The Balaban J connectivity index is 2.25. The van der Waals surface area contributed by atoms with Gasteiger partial charge in [0.1, 0.15) is 0 Å². The minimum atomic E-state index is 0.571. The Bertz CT molecular complexity index is 391. The lowest BCUT2D eigenvalue weighted by Gasteiger charge is -2.34. The third kappa shape index (κ3) is 2.82. The van der Waals surface area contributed by atoms with E-state index in [1.807, 2.05) is 0 Å². The van der Waals surface area contributed by atoms with Crippen LogP contribution in [0.4, 0.5) is 5.69 Å². The molecule has 1 aliphatic heterocycles. The molecule has 0 aliphatic carbocycles. The zero-order chi connectivity index (χ0) is 13.0. The summed E-state index contributed by atoms with van der Waals surface area (Å²) in [7, 11) is 2.18. The van der Waals surface area contributed by atoms with E-state index in [0.29, 0.717) is 12.6 Å². The van der Waals surface area contributed by atoms with E-state index in [9.17, 15) is 0 Å². The Hall–Kier alpha value is -0.710. The second-order valence-electron chi connectivity index (χ2n) is 4.62. The van der Waals surface area contributed by atoms with Crippen LogP contribution >= 0.6 is 11.8 Å². The van der Waals surface area contributed by atoms with Crippen molar-refractivity contribution in [1.29, 1.82) is 0 Å². The van der Waals surface area contributed by atoms with Crippen molar-refractivity contribution in [3.63, 3.8) is 0 Å². The Morgan fingerprint density at radius 3 is 2.72 bits per heavy atom. The van der Waals surface area contributed by atoms with E-state index >= 15 is 0 Å². The Kier molecular flexibility index (Phi) is 4.92. The standard InChI is InChI=1S/C14H22N2OS/c1-16(11-6-8-17-9-7-11)13-4-3-5-14(18-2)12(13)10-15/h3-5,11H,6-10,15H2,1-2H3. The predicted octanol–water partition coefficient (Wildman–Crippen LogP) is 2.48. The van der Waals surface area contributed by atoms with E-state index in [1.165, 1.54) is 16.1 Å². The summed E-state index contributed by atoms with van der Waals surface area (Å²) < 4.78 is 5.43. The normalized spacial score (nSPS) is 16.8. The van der Waals surface area contributed by atoms with Gasteiger partial charge in [-0.25, -0.2) is 0 Å². The zero-order valence-corrected chi connectivity index (χ0v) is 12.0. The topological polar surface area (TPSA) is 38.5 Å². The highest BCUT2D eigenvalue weighted by molar-refractivity contribution is 7.98. The highest BCUT2D eigenvalue weighted by Gasteiger charge is 2.21. The fourth-order valence-electron chi connectivity index (χ4n) is 2.55. The quantitative estimate of drug-likeness (QED) is 0.850. The SMILES string of the molecule is CSc1cccc(N(C)C2CCOCC2)c1CN. The lowest BCUT2D eigenvalue weighted by molar-refractivity contribution is 0.0854. The molecule has 1 aromatic rings. The van der Waals surface area contributed by atoms with Gasteiger partial charge < -0.3 is 15.4 Å². The van der Waals surface area contributed by atoms with Crippen LogP contribution in [-0.4, -0.2) is 32.6 Å². The average Bonchev–Trinajstić information content (AvgIpc) is 2.46. The number of rotatable bonds is 4. The number of ether oxygens (including phenoxy) is 1. The average molecular weight is 266 g/mol. The van der Waals surface area contributed by atoms with Crippen molar-refractivity contribution in [3.8, 4) is 0 Å². The zero-order valence-electron chi connectivity index (χ0n) is 11.2. The highest BCUT2D eigenvalue weighted by atomic mass is 32.2. The molecule has 18 heavy (non-hydrogen) atoms. The first kappa shape index (κ1) is 13.7. The summed E-state index contributed by atoms with van der Waals surface area (Å²) in [5, 5.41) is 0. The molecular formula is C14H22N2OS. The summed E-state index contributed by atoms with van der Waals surface area (Å²) in [5.41, 5.74) is 8.47. The van der Waals surface area contributed by atoms with Crippen LogP contribution in [0.15, 0.2) is 23.1 Å². The number of anilines is 1. The molecule has 0 amide bonds. The Labute approximate surface area is 114 Å². The Morgan fingerprint density at radius 1 is 1.39 bits per heavy atom.